The van der Waals surface area contributed by atoms with Gasteiger partial charge in [0, 0.05) is 30.0 Å². The maximum absolute atomic E-state index is 13.0. The Balaban J connectivity index is 1.54. The number of sulfone groups is 1. The van der Waals surface area contributed by atoms with E-state index in [0.29, 0.717) is 24.3 Å². The van der Waals surface area contributed by atoms with Crippen molar-refractivity contribution in [3.05, 3.63) is 84.4 Å². The van der Waals surface area contributed by atoms with Crippen LogP contribution in [-0.4, -0.2) is 38.9 Å². The Morgan fingerprint density at radius 2 is 1.52 bits per heavy atom. The lowest BCUT2D eigenvalue weighted by atomic mass is 9.99. The van der Waals surface area contributed by atoms with Gasteiger partial charge in [-0.05, 0) is 35.4 Å². The Morgan fingerprint density at radius 1 is 0.828 bits per heavy atom. The highest BCUT2D eigenvalue weighted by Crippen LogP contribution is 2.26. The molecule has 0 bridgehead atoms. The number of anilines is 2. The van der Waals surface area contributed by atoms with Gasteiger partial charge in [-0.2, -0.15) is 0 Å². The van der Waals surface area contributed by atoms with Crippen LogP contribution in [0.5, 0.6) is 0 Å². The van der Waals surface area contributed by atoms with Crippen LogP contribution in [0.3, 0.4) is 0 Å². The highest BCUT2D eigenvalue weighted by atomic mass is 32.2. The monoisotopic (exact) mass is 406 g/mol. The number of carbonyl (C=O) groups excluding carboxylic acids is 1. The van der Waals surface area contributed by atoms with E-state index in [1.807, 2.05) is 83.8 Å². The number of carbonyl (C=O) groups is 1. The molecule has 0 spiro atoms. The maximum atomic E-state index is 13.0. The van der Waals surface area contributed by atoms with Crippen molar-refractivity contribution in [2.24, 2.45) is 0 Å². The number of amides is 1. The summed E-state index contributed by atoms with van der Waals surface area (Å²) in [5, 5.41) is 2.98. The lowest BCUT2D eigenvalue weighted by Gasteiger charge is -2.29. The van der Waals surface area contributed by atoms with E-state index in [1.54, 1.807) is 0 Å². The largest absolute Gasteiger partial charge is 0.369 e. The third kappa shape index (κ3) is 4.49. The van der Waals surface area contributed by atoms with Crippen LogP contribution >= 0.6 is 0 Å². The van der Waals surface area contributed by atoms with Crippen LogP contribution in [0.25, 0.3) is 11.1 Å². The van der Waals surface area contributed by atoms with Gasteiger partial charge in [-0.1, -0.05) is 54.6 Å². The molecule has 0 unspecified atom stereocenters. The summed E-state index contributed by atoms with van der Waals surface area (Å²) in [6.45, 7) is 0.938. The second kappa shape index (κ2) is 8.09. The van der Waals surface area contributed by atoms with Crippen molar-refractivity contribution in [2.75, 3.05) is 34.8 Å². The van der Waals surface area contributed by atoms with Gasteiger partial charge in [-0.3, -0.25) is 4.79 Å². The average molecular weight is 407 g/mol. The first-order valence-electron chi connectivity index (χ1n) is 9.53. The molecule has 0 aliphatic carbocycles. The van der Waals surface area contributed by atoms with Crippen LogP contribution < -0.4 is 10.2 Å². The van der Waals surface area contributed by atoms with Crippen LogP contribution in [0, 0.1) is 0 Å². The van der Waals surface area contributed by atoms with Gasteiger partial charge in [0.2, 0.25) is 0 Å². The summed E-state index contributed by atoms with van der Waals surface area (Å²) >= 11 is 0. The fourth-order valence-corrected chi connectivity index (χ4v) is 4.70. The summed E-state index contributed by atoms with van der Waals surface area (Å²) in [5.74, 6) is 0.144. The second-order valence-corrected chi connectivity index (χ2v) is 9.36. The predicted octanol–water partition coefficient (Wildman–Crippen LogP) is 3.84. The molecule has 5 nitrogen and oxygen atoms in total. The Labute approximate surface area is 170 Å². The summed E-state index contributed by atoms with van der Waals surface area (Å²) in [7, 11) is -2.93. The average Bonchev–Trinajstić information content (AvgIpc) is 2.74. The van der Waals surface area contributed by atoms with Gasteiger partial charge in [-0.15, -0.1) is 0 Å². The van der Waals surface area contributed by atoms with E-state index < -0.39 is 9.84 Å². The molecular formula is C23H22N2O3S. The Morgan fingerprint density at radius 3 is 2.28 bits per heavy atom. The zero-order chi connectivity index (χ0) is 20.3. The molecular weight excluding hydrogens is 384 g/mol. The van der Waals surface area contributed by atoms with Crippen molar-refractivity contribution in [2.45, 2.75) is 0 Å². The Hall–Kier alpha value is -3.12. The van der Waals surface area contributed by atoms with Crippen molar-refractivity contribution < 1.29 is 13.2 Å². The smallest absolute Gasteiger partial charge is 0.256 e. The Bertz CT molecular complexity index is 1110. The molecule has 1 fully saturated rings. The summed E-state index contributed by atoms with van der Waals surface area (Å²) in [6.07, 6.45) is 0. The van der Waals surface area contributed by atoms with E-state index >= 15 is 0 Å². The first-order chi connectivity index (χ1) is 14.0. The standard InChI is InChI=1S/C23H22N2O3S/c26-23(22-12-5-4-11-21(22)18-7-2-1-3-8-18)24-19-9-6-10-20(17-19)25-13-15-29(27,28)16-14-25/h1-12,17H,13-16H2,(H,24,26). The molecule has 1 N–H and O–H groups in total. The van der Waals surface area contributed by atoms with Crippen molar-refractivity contribution in [3.8, 4) is 11.1 Å². The van der Waals surface area contributed by atoms with Gasteiger partial charge in [0.25, 0.3) is 5.91 Å². The normalized spacial score (nSPS) is 15.7. The fraction of sp³-hybridized carbons (Fsp3) is 0.174. The molecule has 3 aromatic carbocycles. The van der Waals surface area contributed by atoms with Gasteiger partial charge in [0.1, 0.15) is 0 Å². The van der Waals surface area contributed by atoms with Crippen LogP contribution in [0.4, 0.5) is 11.4 Å². The molecule has 1 heterocycles. The molecule has 1 aliphatic rings. The first kappa shape index (κ1) is 19.2. The number of benzene rings is 3. The fourth-order valence-electron chi connectivity index (χ4n) is 3.50. The second-order valence-electron chi connectivity index (χ2n) is 7.05. The molecule has 0 aromatic heterocycles. The SMILES string of the molecule is O=C(Nc1cccc(N2CCS(=O)(=O)CC2)c1)c1ccccc1-c1ccccc1. The molecule has 0 radical (unpaired) electrons. The van der Waals surface area contributed by atoms with Crippen LogP contribution in [-0.2, 0) is 9.84 Å². The predicted molar refractivity (Wildman–Crippen MR) is 117 cm³/mol. The molecule has 0 atom stereocenters. The number of hydrogen-bond donors (Lipinski definition) is 1. The molecule has 148 valence electrons. The van der Waals surface area contributed by atoms with E-state index in [0.717, 1.165) is 16.8 Å². The molecule has 29 heavy (non-hydrogen) atoms. The van der Waals surface area contributed by atoms with E-state index in [1.165, 1.54) is 0 Å². The molecule has 4 rings (SSSR count). The third-order valence-electron chi connectivity index (χ3n) is 5.07. The van der Waals surface area contributed by atoms with Crippen molar-refractivity contribution in [3.63, 3.8) is 0 Å². The van der Waals surface area contributed by atoms with Crippen LogP contribution in [0.15, 0.2) is 78.9 Å². The molecule has 1 amide bonds. The highest BCUT2D eigenvalue weighted by molar-refractivity contribution is 7.91. The molecule has 1 saturated heterocycles. The molecule has 1 aliphatic heterocycles. The van der Waals surface area contributed by atoms with E-state index in [9.17, 15) is 13.2 Å². The minimum atomic E-state index is -2.93. The summed E-state index contributed by atoms with van der Waals surface area (Å²) in [6, 6.07) is 24.9. The molecule has 6 heteroatoms. The van der Waals surface area contributed by atoms with Gasteiger partial charge < -0.3 is 10.2 Å². The number of rotatable bonds is 4. The molecule has 3 aromatic rings. The number of nitrogens with one attached hydrogen (secondary N) is 1. The van der Waals surface area contributed by atoms with Gasteiger partial charge >= 0.3 is 0 Å². The topological polar surface area (TPSA) is 66.5 Å². The maximum Gasteiger partial charge on any atom is 0.256 e. The first-order valence-corrected chi connectivity index (χ1v) is 11.4. The molecule has 0 saturated carbocycles. The van der Waals surface area contributed by atoms with Gasteiger partial charge in [-0.25, -0.2) is 8.42 Å². The summed E-state index contributed by atoms with van der Waals surface area (Å²) in [4.78, 5) is 15.0. The zero-order valence-corrected chi connectivity index (χ0v) is 16.7. The van der Waals surface area contributed by atoms with Gasteiger partial charge in [0.05, 0.1) is 11.5 Å². The van der Waals surface area contributed by atoms with Crippen molar-refractivity contribution >= 4 is 27.1 Å². The number of hydrogen-bond acceptors (Lipinski definition) is 4. The quantitative estimate of drug-likeness (QED) is 0.715. The Kier molecular flexibility index (Phi) is 5.36. The van der Waals surface area contributed by atoms with E-state index in [2.05, 4.69) is 5.32 Å². The van der Waals surface area contributed by atoms with Crippen LogP contribution in [0.1, 0.15) is 10.4 Å². The van der Waals surface area contributed by atoms with Gasteiger partial charge in [0.15, 0.2) is 9.84 Å². The summed E-state index contributed by atoms with van der Waals surface area (Å²) < 4.78 is 23.3. The lowest BCUT2D eigenvalue weighted by molar-refractivity contribution is 0.102. The van der Waals surface area contributed by atoms with Crippen molar-refractivity contribution in [1.82, 2.24) is 0 Å². The van der Waals surface area contributed by atoms with Crippen LogP contribution in [0.2, 0.25) is 0 Å². The minimum Gasteiger partial charge on any atom is -0.369 e. The highest BCUT2D eigenvalue weighted by Gasteiger charge is 2.22. The lowest BCUT2D eigenvalue weighted by Crippen LogP contribution is -2.40. The van der Waals surface area contributed by atoms with Crippen molar-refractivity contribution in [1.29, 1.82) is 0 Å². The number of nitrogens with zero attached hydrogens (tertiary/aromatic N) is 1. The minimum absolute atomic E-state index is 0.161. The zero-order valence-electron chi connectivity index (χ0n) is 15.9. The summed E-state index contributed by atoms with van der Waals surface area (Å²) in [5.41, 5.74) is 4.07. The van der Waals surface area contributed by atoms with E-state index in [4.69, 9.17) is 0 Å². The third-order valence-corrected chi connectivity index (χ3v) is 6.68. The van der Waals surface area contributed by atoms with E-state index in [-0.39, 0.29) is 17.4 Å².